The van der Waals surface area contributed by atoms with Crippen LogP contribution in [0, 0.1) is 0 Å². The number of esters is 3. The van der Waals surface area contributed by atoms with Crippen molar-refractivity contribution in [3.05, 3.63) is 109 Å². The molecule has 0 aliphatic carbocycles. The number of ether oxygens (including phenoxy) is 5. The van der Waals surface area contributed by atoms with Crippen LogP contribution in [-0.2, 0) is 42.9 Å². The lowest BCUT2D eigenvalue weighted by atomic mass is 9.98. The number of allylic oxidation sites excluding steroid dienone is 18. The second kappa shape index (κ2) is 57.8. The van der Waals surface area contributed by atoms with Crippen LogP contribution >= 0.6 is 0 Å². The highest BCUT2D eigenvalue weighted by atomic mass is 16.7. The van der Waals surface area contributed by atoms with Crippen molar-refractivity contribution in [1.29, 1.82) is 0 Å². The van der Waals surface area contributed by atoms with Crippen molar-refractivity contribution in [2.45, 2.75) is 302 Å². The first-order chi connectivity index (χ1) is 40.6. The van der Waals surface area contributed by atoms with Gasteiger partial charge >= 0.3 is 23.9 Å². The molecule has 0 spiro atoms. The molecule has 3 N–H and O–H groups in total. The summed E-state index contributed by atoms with van der Waals surface area (Å²) in [5, 5.41) is 31.6. The standard InChI is InChI=1S/C71H116O12/c1-4-7-10-13-16-19-22-25-28-30-32-34-37-39-42-45-48-51-54-57-63(72)79-60-62(81-64(73)58-55-52-49-46-43-40-36-27-24-21-18-15-12-9-6-3)61-80-71-69(67(76)66(75)68(83-71)70(77)78)82-65(74)59-56-53-50-47-44-41-38-35-33-31-29-26-23-20-17-14-11-8-5-2/h7,9-10,12,16,18-19,21,25,27-28,32,34,36,39,42,48,51,62,66-69,71,75-76H,4-6,8,11,13-15,17,20,22-24,26,29-31,33,35,37-38,40-41,43-47,49-50,52-61H2,1-3H3,(H,77,78)/b10-7-,12-9-,19-16-,21-18-,28-25-,34-32-,36-27-,42-39-,51-48-. The molecule has 1 heterocycles. The second-order valence-corrected chi connectivity index (χ2v) is 22.0. The van der Waals surface area contributed by atoms with E-state index in [1.807, 2.05) is 12.2 Å². The highest BCUT2D eigenvalue weighted by molar-refractivity contribution is 5.74. The monoisotopic (exact) mass is 1160 g/mol. The third kappa shape index (κ3) is 47.3. The Morgan fingerprint density at radius 2 is 0.783 bits per heavy atom. The van der Waals surface area contributed by atoms with Crippen LogP contribution in [-0.4, -0.2) is 89.2 Å². The lowest BCUT2D eigenvalue weighted by Crippen LogP contribution is -2.61. The van der Waals surface area contributed by atoms with Gasteiger partial charge in [0.25, 0.3) is 0 Å². The number of hydrogen-bond donors (Lipinski definition) is 3. The highest BCUT2D eigenvalue weighted by Crippen LogP contribution is 2.27. The van der Waals surface area contributed by atoms with Crippen molar-refractivity contribution in [3.8, 4) is 0 Å². The molecular formula is C71H116O12. The minimum Gasteiger partial charge on any atom is -0.479 e. The largest absolute Gasteiger partial charge is 0.479 e. The molecule has 6 atom stereocenters. The summed E-state index contributed by atoms with van der Waals surface area (Å²) in [6, 6.07) is 0. The van der Waals surface area contributed by atoms with Crippen LogP contribution in [0.2, 0.25) is 0 Å². The molecule has 83 heavy (non-hydrogen) atoms. The predicted octanol–water partition coefficient (Wildman–Crippen LogP) is 17.8. The Hall–Kier alpha value is -4.62. The van der Waals surface area contributed by atoms with Gasteiger partial charge in [0.05, 0.1) is 6.61 Å². The maximum atomic E-state index is 13.2. The van der Waals surface area contributed by atoms with E-state index in [1.165, 1.54) is 89.9 Å². The van der Waals surface area contributed by atoms with E-state index in [1.54, 1.807) is 0 Å². The van der Waals surface area contributed by atoms with Gasteiger partial charge in [-0.1, -0.05) is 265 Å². The molecule has 12 heteroatoms. The minimum atomic E-state index is -1.92. The Morgan fingerprint density at radius 1 is 0.410 bits per heavy atom. The molecule has 6 unspecified atom stereocenters. The van der Waals surface area contributed by atoms with Crippen LogP contribution in [0.1, 0.15) is 265 Å². The van der Waals surface area contributed by atoms with Crippen LogP contribution in [0.15, 0.2) is 109 Å². The summed E-state index contributed by atoms with van der Waals surface area (Å²) in [7, 11) is 0. The van der Waals surface area contributed by atoms with Gasteiger partial charge < -0.3 is 39.0 Å². The van der Waals surface area contributed by atoms with Crippen molar-refractivity contribution in [3.63, 3.8) is 0 Å². The molecule has 0 aromatic rings. The molecule has 0 saturated carbocycles. The van der Waals surface area contributed by atoms with E-state index < -0.39 is 67.3 Å². The van der Waals surface area contributed by atoms with Gasteiger partial charge in [-0.2, -0.15) is 0 Å². The van der Waals surface area contributed by atoms with Crippen molar-refractivity contribution in [2.24, 2.45) is 0 Å². The van der Waals surface area contributed by atoms with Crippen LogP contribution in [0.5, 0.6) is 0 Å². The van der Waals surface area contributed by atoms with E-state index in [4.69, 9.17) is 23.7 Å². The number of aliphatic carboxylic acids is 1. The van der Waals surface area contributed by atoms with E-state index in [-0.39, 0.29) is 25.9 Å². The zero-order chi connectivity index (χ0) is 60.3. The quantitative estimate of drug-likeness (QED) is 0.0228. The smallest absolute Gasteiger partial charge is 0.335 e. The second-order valence-electron chi connectivity index (χ2n) is 22.0. The van der Waals surface area contributed by atoms with Gasteiger partial charge in [-0.15, -0.1) is 0 Å². The number of carbonyl (C=O) groups is 4. The van der Waals surface area contributed by atoms with Crippen LogP contribution in [0.25, 0.3) is 0 Å². The first-order valence-corrected chi connectivity index (χ1v) is 32.9. The first kappa shape index (κ1) is 76.4. The maximum Gasteiger partial charge on any atom is 0.335 e. The Labute approximate surface area is 504 Å². The molecule has 1 aliphatic heterocycles. The van der Waals surface area contributed by atoms with Crippen molar-refractivity contribution in [1.82, 2.24) is 0 Å². The Kier molecular flexibility index (Phi) is 53.2. The van der Waals surface area contributed by atoms with Gasteiger partial charge in [-0.05, 0) is 89.9 Å². The van der Waals surface area contributed by atoms with E-state index in [2.05, 4.69) is 118 Å². The zero-order valence-corrected chi connectivity index (χ0v) is 52.2. The highest BCUT2D eigenvalue weighted by Gasteiger charge is 2.50. The van der Waals surface area contributed by atoms with Gasteiger partial charge in [0.1, 0.15) is 18.8 Å². The molecule has 0 radical (unpaired) electrons. The van der Waals surface area contributed by atoms with Crippen LogP contribution < -0.4 is 0 Å². The summed E-state index contributed by atoms with van der Waals surface area (Å²) in [5.41, 5.74) is 0. The van der Waals surface area contributed by atoms with Gasteiger partial charge in [0.15, 0.2) is 24.6 Å². The summed E-state index contributed by atoms with van der Waals surface area (Å²) in [6.45, 7) is 5.72. The topological polar surface area (TPSA) is 175 Å². The number of rotatable bonds is 55. The molecule has 1 saturated heterocycles. The number of carboxylic acids is 1. The SMILES string of the molecule is CC/C=C\C/C=C\C/C=C\C/C=C\C/C=C\C/C=C\CCC(=O)OCC(COC1OC(C(=O)O)C(O)C(O)C1OC(=O)CCCCCCCCCCCCCCCCCCCCC)OC(=O)CCCCCCC/C=C\C/C=C\C/C=C\CC. The minimum absolute atomic E-state index is 0.0501. The van der Waals surface area contributed by atoms with Gasteiger partial charge in [0.2, 0.25) is 0 Å². The number of hydrogen-bond acceptors (Lipinski definition) is 11. The lowest BCUT2D eigenvalue weighted by molar-refractivity contribution is -0.301. The average molecular weight is 1160 g/mol. The van der Waals surface area contributed by atoms with E-state index in [9.17, 15) is 34.5 Å². The number of unbranched alkanes of at least 4 members (excludes halogenated alkanes) is 23. The number of aliphatic hydroxyl groups excluding tert-OH is 2. The Morgan fingerprint density at radius 3 is 1.20 bits per heavy atom. The molecule has 0 bridgehead atoms. The first-order valence-electron chi connectivity index (χ1n) is 32.9. The van der Waals surface area contributed by atoms with Crippen molar-refractivity contribution in [2.75, 3.05) is 13.2 Å². The molecule has 1 aliphatic rings. The molecule has 0 amide bonds. The Bertz CT molecular complexity index is 1860. The maximum absolute atomic E-state index is 13.2. The molecule has 0 aromatic carbocycles. The summed E-state index contributed by atoms with van der Waals surface area (Å²) >= 11 is 0. The molecular weight excluding hydrogens is 1040 g/mol. The summed E-state index contributed by atoms with van der Waals surface area (Å²) in [6.07, 6.45) is 66.3. The third-order valence-electron chi connectivity index (χ3n) is 14.4. The molecule has 1 fully saturated rings. The van der Waals surface area contributed by atoms with Crippen molar-refractivity contribution >= 4 is 23.9 Å². The van der Waals surface area contributed by atoms with Gasteiger partial charge in [-0.3, -0.25) is 14.4 Å². The van der Waals surface area contributed by atoms with E-state index >= 15 is 0 Å². The molecule has 472 valence electrons. The lowest BCUT2D eigenvalue weighted by Gasteiger charge is -2.40. The predicted molar refractivity (Wildman–Crippen MR) is 340 cm³/mol. The molecule has 1 rings (SSSR count). The fourth-order valence-electron chi connectivity index (χ4n) is 9.41. The van der Waals surface area contributed by atoms with Gasteiger partial charge in [-0.25, -0.2) is 4.79 Å². The van der Waals surface area contributed by atoms with Crippen LogP contribution in [0.4, 0.5) is 0 Å². The van der Waals surface area contributed by atoms with E-state index in [0.29, 0.717) is 19.3 Å². The fraction of sp³-hybridized carbons (Fsp3) is 0.690. The Balaban J connectivity index is 2.70. The molecule has 0 aromatic heterocycles. The summed E-state index contributed by atoms with van der Waals surface area (Å²) in [5.74, 6) is -3.25. The number of carboxylic acid groups (broad SMARTS) is 1. The zero-order valence-electron chi connectivity index (χ0n) is 52.2. The van der Waals surface area contributed by atoms with E-state index in [0.717, 1.165) is 116 Å². The fourth-order valence-corrected chi connectivity index (χ4v) is 9.41. The number of carbonyl (C=O) groups excluding carboxylic acids is 3. The average Bonchev–Trinajstić information content (AvgIpc) is 3.57. The van der Waals surface area contributed by atoms with Gasteiger partial charge in [0, 0.05) is 19.3 Å². The summed E-state index contributed by atoms with van der Waals surface area (Å²) in [4.78, 5) is 51.3. The van der Waals surface area contributed by atoms with Crippen molar-refractivity contribution < 1.29 is 58.2 Å². The summed E-state index contributed by atoms with van der Waals surface area (Å²) < 4.78 is 28.4. The van der Waals surface area contributed by atoms with Crippen LogP contribution in [0.3, 0.4) is 0 Å². The number of aliphatic hydroxyl groups is 2. The third-order valence-corrected chi connectivity index (χ3v) is 14.4. The normalized spacial score (nSPS) is 18.3. The molecule has 12 nitrogen and oxygen atoms in total.